The van der Waals surface area contributed by atoms with Crippen LogP contribution in [-0.4, -0.2) is 36.7 Å². The van der Waals surface area contributed by atoms with Gasteiger partial charge in [-0.2, -0.15) is 4.31 Å². The maximum absolute atomic E-state index is 14.3. The van der Waals surface area contributed by atoms with Gasteiger partial charge >= 0.3 is 0 Å². The zero-order valence-electron chi connectivity index (χ0n) is 15.6. The van der Waals surface area contributed by atoms with Gasteiger partial charge in [0.1, 0.15) is 10.7 Å². The van der Waals surface area contributed by atoms with E-state index in [4.69, 9.17) is 11.6 Å². The Labute approximate surface area is 182 Å². The molecule has 4 rings (SSSR count). The van der Waals surface area contributed by atoms with Gasteiger partial charge in [0.25, 0.3) is 5.91 Å². The molecule has 0 atom stereocenters. The van der Waals surface area contributed by atoms with Gasteiger partial charge in [0, 0.05) is 34.6 Å². The molecule has 1 saturated heterocycles. The first-order valence-corrected chi connectivity index (χ1v) is 11.9. The lowest BCUT2D eigenvalue weighted by Gasteiger charge is -2.16. The van der Waals surface area contributed by atoms with Crippen LogP contribution >= 0.6 is 22.9 Å². The Morgan fingerprint density at radius 1 is 1.17 bits per heavy atom. The standard InChI is InChI=1S/C20H17ClFN3O3S2/c21-15-6-2-1-5-14(15)17-12-29-20(23-17)24-19(26)13-7-8-16(22)18(11-13)30(27,28)25-9-3-4-10-25/h1-2,5-8,11-12H,3-4,9-10H2,(H,23,24,26). The molecular weight excluding hydrogens is 449 g/mol. The van der Waals surface area contributed by atoms with Crippen molar-refractivity contribution >= 4 is 44.0 Å². The zero-order chi connectivity index (χ0) is 21.3. The zero-order valence-corrected chi connectivity index (χ0v) is 18.0. The van der Waals surface area contributed by atoms with Gasteiger partial charge in [-0.3, -0.25) is 10.1 Å². The molecular formula is C20H17ClFN3O3S2. The van der Waals surface area contributed by atoms with Gasteiger partial charge in [0.2, 0.25) is 10.0 Å². The van der Waals surface area contributed by atoms with E-state index < -0.39 is 26.6 Å². The van der Waals surface area contributed by atoms with Crippen LogP contribution in [0.1, 0.15) is 23.2 Å². The van der Waals surface area contributed by atoms with Crippen molar-refractivity contribution in [2.24, 2.45) is 0 Å². The summed E-state index contributed by atoms with van der Waals surface area (Å²) in [6, 6.07) is 10.5. The van der Waals surface area contributed by atoms with E-state index in [1.807, 2.05) is 18.2 Å². The summed E-state index contributed by atoms with van der Waals surface area (Å²) >= 11 is 7.39. The summed E-state index contributed by atoms with van der Waals surface area (Å²) in [5.41, 5.74) is 1.37. The summed E-state index contributed by atoms with van der Waals surface area (Å²) < 4.78 is 40.9. The van der Waals surface area contributed by atoms with Crippen LogP contribution in [-0.2, 0) is 10.0 Å². The number of rotatable bonds is 5. The topological polar surface area (TPSA) is 79.4 Å². The van der Waals surface area contributed by atoms with Crippen LogP contribution in [0.4, 0.5) is 9.52 Å². The Morgan fingerprint density at radius 2 is 1.90 bits per heavy atom. The number of hydrogen-bond acceptors (Lipinski definition) is 5. The Bertz CT molecular complexity index is 1210. The first-order chi connectivity index (χ1) is 14.4. The number of aromatic nitrogens is 1. The van der Waals surface area contributed by atoms with Crippen LogP contribution in [0, 0.1) is 5.82 Å². The Morgan fingerprint density at radius 3 is 2.63 bits per heavy atom. The molecule has 1 aliphatic heterocycles. The van der Waals surface area contributed by atoms with Crippen LogP contribution < -0.4 is 5.32 Å². The van der Waals surface area contributed by atoms with Gasteiger partial charge in [0.15, 0.2) is 5.13 Å². The summed E-state index contributed by atoms with van der Waals surface area (Å²) in [6.45, 7) is 0.699. The maximum Gasteiger partial charge on any atom is 0.257 e. The average Bonchev–Trinajstić information content (AvgIpc) is 3.41. The molecule has 156 valence electrons. The van der Waals surface area contributed by atoms with Crippen molar-refractivity contribution in [3.8, 4) is 11.3 Å². The second-order valence-corrected chi connectivity index (χ2v) is 9.90. The molecule has 10 heteroatoms. The summed E-state index contributed by atoms with van der Waals surface area (Å²) in [5.74, 6) is -1.46. The first kappa shape index (κ1) is 20.9. The van der Waals surface area contributed by atoms with Crippen molar-refractivity contribution in [1.82, 2.24) is 9.29 Å². The van der Waals surface area contributed by atoms with Gasteiger partial charge < -0.3 is 0 Å². The molecule has 0 saturated carbocycles. The van der Waals surface area contributed by atoms with Crippen LogP contribution in [0.5, 0.6) is 0 Å². The molecule has 0 radical (unpaired) electrons. The average molecular weight is 466 g/mol. The molecule has 1 aliphatic rings. The van der Waals surface area contributed by atoms with Crippen molar-refractivity contribution in [3.05, 3.63) is 64.2 Å². The molecule has 0 aliphatic carbocycles. The van der Waals surface area contributed by atoms with E-state index in [0.717, 1.165) is 30.5 Å². The monoisotopic (exact) mass is 465 g/mol. The molecule has 0 unspecified atom stereocenters. The van der Waals surface area contributed by atoms with E-state index in [2.05, 4.69) is 10.3 Å². The Kier molecular flexibility index (Phi) is 5.88. The molecule has 2 aromatic carbocycles. The Balaban J connectivity index is 1.57. The van der Waals surface area contributed by atoms with E-state index in [1.165, 1.54) is 21.7 Å². The third-order valence-electron chi connectivity index (χ3n) is 4.75. The summed E-state index contributed by atoms with van der Waals surface area (Å²) in [6.07, 6.45) is 1.47. The van der Waals surface area contributed by atoms with Crippen LogP contribution in [0.2, 0.25) is 5.02 Å². The minimum Gasteiger partial charge on any atom is -0.298 e. The molecule has 0 bridgehead atoms. The molecule has 1 amide bonds. The van der Waals surface area contributed by atoms with Crippen LogP contribution in [0.3, 0.4) is 0 Å². The van der Waals surface area contributed by atoms with E-state index in [9.17, 15) is 17.6 Å². The molecule has 30 heavy (non-hydrogen) atoms. The summed E-state index contributed by atoms with van der Waals surface area (Å²) in [4.78, 5) is 16.5. The minimum absolute atomic E-state index is 0.0312. The number of carbonyl (C=O) groups excluding carboxylic acids is 1. The van der Waals surface area contributed by atoms with Crippen LogP contribution in [0.15, 0.2) is 52.7 Å². The second kappa shape index (κ2) is 8.43. The molecule has 6 nitrogen and oxygen atoms in total. The third kappa shape index (κ3) is 4.11. The maximum atomic E-state index is 14.3. The van der Waals surface area contributed by atoms with Crippen LogP contribution in [0.25, 0.3) is 11.3 Å². The van der Waals surface area contributed by atoms with E-state index in [1.54, 1.807) is 11.4 Å². The SMILES string of the molecule is O=C(Nc1nc(-c2ccccc2Cl)cs1)c1ccc(F)c(S(=O)(=O)N2CCCC2)c1. The highest BCUT2D eigenvalue weighted by Gasteiger charge is 2.30. The molecule has 1 aromatic heterocycles. The van der Waals surface area contributed by atoms with E-state index in [-0.39, 0.29) is 5.56 Å². The first-order valence-electron chi connectivity index (χ1n) is 9.18. The smallest absolute Gasteiger partial charge is 0.257 e. The van der Waals surface area contributed by atoms with Crippen molar-refractivity contribution in [3.63, 3.8) is 0 Å². The number of amides is 1. The lowest BCUT2D eigenvalue weighted by molar-refractivity contribution is 0.102. The summed E-state index contributed by atoms with van der Waals surface area (Å²) in [7, 11) is -3.98. The molecule has 1 fully saturated rings. The molecule has 2 heterocycles. The predicted molar refractivity (Wildman–Crippen MR) is 115 cm³/mol. The predicted octanol–water partition coefficient (Wildman–Crippen LogP) is 4.64. The quantitative estimate of drug-likeness (QED) is 0.595. The fraction of sp³-hybridized carbons (Fsp3) is 0.200. The van der Waals surface area contributed by atoms with Crippen molar-refractivity contribution in [2.75, 3.05) is 18.4 Å². The van der Waals surface area contributed by atoms with Gasteiger partial charge in [-0.1, -0.05) is 29.8 Å². The molecule has 1 N–H and O–H groups in total. The highest BCUT2D eigenvalue weighted by Crippen LogP contribution is 2.30. The largest absolute Gasteiger partial charge is 0.298 e. The highest BCUT2D eigenvalue weighted by atomic mass is 35.5. The number of hydrogen-bond donors (Lipinski definition) is 1. The van der Waals surface area contributed by atoms with Gasteiger partial charge in [-0.05, 0) is 37.1 Å². The highest BCUT2D eigenvalue weighted by molar-refractivity contribution is 7.89. The normalized spacial score (nSPS) is 14.7. The lowest BCUT2D eigenvalue weighted by atomic mass is 10.2. The van der Waals surface area contributed by atoms with Crippen molar-refractivity contribution in [1.29, 1.82) is 0 Å². The number of benzene rings is 2. The van der Waals surface area contributed by atoms with Gasteiger partial charge in [-0.25, -0.2) is 17.8 Å². The number of halogens is 2. The fourth-order valence-corrected chi connectivity index (χ4v) is 5.75. The van der Waals surface area contributed by atoms with Gasteiger partial charge in [0.05, 0.1) is 5.69 Å². The number of anilines is 1. The fourth-order valence-electron chi connectivity index (χ4n) is 3.20. The Hall–Kier alpha value is -2.33. The second-order valence-electron chi connectivity index (χ2n) is 6.73. The lowest BCUT2D eigenvalue weighted by Crippen LogP contribution is -2.29. The van der Waals surface area contributed by atoms with Gasteiger partial charge in [-0.15, -0.1) is 11.3 Å². The summed E-state index contributed by atoms with van der Waals surface area (Å²) in [5, 5.41) is 5.25. The third-order valence-corrected chi connectivity index (χ3v) is 7.75. The number of nitrogens with one attached hydrogen (secondary N) is 1. The van der Waals surface area contributed by atoms with E-state index >= 15 is 0 Å². The van der Waals surface area contributed by atoms with Crippen molar-refractivity contribution in [2.45, 2.75) is 17.7 Å². The number of nitrogens with zero attached hydrogens (tertiary/aromatic N) is 2. The number of thiazole rings is 1. The number of sulfonamides is 1. The van der Waals surface area contributed by atoms with Crippen molar-refractivity contribution < 1.29 is 17.6 Å². The molecule has 0 spiro atoms. The number of carbonyl (C=O) groups is 1. The molecule has 3 aromatic rings. The van der Waals surface area contributed by atoms with E-state index in [0.29, 0.717) is 28.9 Å². The minimum atomic E-state index is -3.98.